The number of nitrogens with one attached hydrogen (secondary N) is 1. The Morgan fingerprint density at radius 3 is 2.76 bits per heavy atom. The summed E-state index contributed by atoms with van der Waals surface area (Å²) in [6.45, 7) is 4.40. The molecule has 2 heterocycles. The lowest BCUT2D eigenvalue weighted by Gasteiger charge is -2.25. The maximum Gasteiger partial charge on any atom is 0.418 e. The van der Waals surface area contributed by atoms with Gasteiger partial charge in [-0.05, 0) is 38.8 Å². The van der Waals surface area contributed by atoms with Gasteiger partial charge in [-0.15, -0.1) is 0 Å². The third kappa shape index (κ3) is 3.80. The van der Waals surface area contributed by atoms with Crippen LogP contribution in [0.3, 0.4) is 0 Å². The zero-order valence-electron chi connectivity index (χ0n) is 12.6. The fraction of sp³-hybridized carbons (Fsp3) is 0.733. The molecule has 21 heavy (non-hydrogen) atoms. The van der Waals surface area contributed by atoms with E-state index < -0.39 is 11.7 Å². The number of piperidine rings is 1. The van der Waals surface area contributed by atoms with Crippen LogP contribution in [0.2, 0.25) is 0 Å². The van der Waals surface area contributed by atoms with E-state index >= 15 is 0 Å². The second-order valence-corrected chi connectivity index (χ2v) is 5.61. The van der Waals surface area contributed by atoms with Crippen molar-refractivity contribution in [2.75, 3.05) is 26.8 Å². The fourth-order valence-electron chi connectivity index (χ4n) is 3.06. The first kappa shape index (κ1) is 16.4. The molecule has 1 aliphatic rings. The van der Waals surface area contributed by atoms with Gasteiger partial charge in [0.1, 0.15) is 0 Å². The Labute approximate surface area is 123 Å². The van der Waals surface area contributed by atoms with Crippen molar-refractivity contribution >= 4 is 0 Å². The Morgan fingerprint density at radius 2 is 2.19 bits per heavy atom. The van der Waals surface area contributed by atoms with Crippen LogP contribution in [-0.4, -0.2) is 31.4 Å². The summed E-state index contributed by atoms with van der Waals surface area (Å²) < 4.78 is 46.3. The SMILES string of the molecule is COCCCn1c([C@@H]2CCCNC2)cc(C(F)(F)F)c1C. The van der Waals surface area contributed by atoms with E-state index in [1.54, 1.807) is 14.0 Å². The van der Waals surface area contributed by atoms with Crippen LogP contribution in [0.25, 0.3) is 0 Å². The normalized spacial score (nSPS) is 20.0. The number of aromatic nitrogens is 1. The second kappa shape index (κ2) is 6.83. The monoisotopic (exact) mass is 304 g/mol. The summed E-state index contributed by atoms with van der Waals surface area (Å²) in [4.78, 5) is 0. The molecule has 1 saturated heterocycles. The van der Waals surface area contributed by atoms with Gasteiger partial charge in [-0.1, -0.05) is 0 Å². The summed E-state index contributed by atoms with van der Waals surface area (Å²) in [6, 6.07) is 1.35. The van der Waals surface area contributed by atoms with Gasteiger partial charge in [0.25, 0.3) is 0 Å². The van der Waals surface area contributed by atoms with Gasteiger partial charge in [-0.2, -0.15) is 13.2 Å². The molecule has 0 saturated carbocycles. The number of alkyl halides is 3. The summed E-state index contributed by atoms with van der Waals surface area (Å²) in [6.07, 6.45) is -1.61. The van der Waals surface area contributed by atoms with Crippen LogP contribution in [0.1, 0.15) is 42.1 Å². The number of hydrogen-bond acceptors (Lipinski definition) is 2. The molecule has 0 aliphatic carbocycles. The van der Waals surface area contributed by atoms with E-state index in [2.05, 4.69) is 5.32 Å². The highest BCUT2D eigenvalue weighted by molar-refractivity contribution is 5.32. The Kier molecular flexibility index (Phi) is 5.32. The van der Waals surface area contributed by atoms with Crippen molar-refractivity contribution in [3.8, 4) is 0 Å². The number of hydrogen-bond donors (Lipinski definition) is 1. The molecule has 1 fully saturated rings. The summed E-state index contributed by atoms with van der Waals surface area (Å²) in [5, 5.41) is 3.28. The second-order valence-electron chi connectivity index (χ2n) is 5.61. The Hall–Kier alpha value is -1.01. The van der Waals surface area contributed by atoms with Crippen LogP contribution in [0.15, 0.2) is 6.07 Å². The quantitative estimate of drug-likeness (QED) is 0.845. The van der Waals surface area contributed by atoms with Crippen molar-refractivity contribution in [2.45, 2.75) is 44.8 Å². The number of halogens is 3. The van der Waals surface area contributed by atoms with Gasteiger partial charge in [-0.3, -0.25) is 0 Å². The number of ether oxygens (including phenoxy) is 1. The van der Waals surface area contributed by atoms with Crippen LogP contribution in [0, 0.1) is 6.92 Å². The highest BCUT2D eigenvalue weighted by Crippen LogP contribution is 2.37. The molecule has 0 unspecified atom stereocenters. The first-order valence-corrected chi connectivity index (χ1v) is 7.42. The molecule has 1 atom stereocenters. The Balaban J connectivity index is 2.31. The first-order chi connectivity index (χ1) is 9.95. The van der Waals surface area contributed by atoms with E-state index in [-0.39, 0.29) is 5.92 Å². The summed E-state index contributed by atoms with van der Waals surface area (Å²) in [5.74, 6) is 0.163. The largest absolute Gasteiger partial charge is 0.418 e. The van der Waals surface area contributed by atoms with Gasteiger partial charge in [0, 0.05) is 44.1 Å². The van der Waals surface area contributed by atoms with Crippen molar-refractivity contribution in [1.29, 1.82) is 0 Å². The van der Waals surface area contributed by atoms with Crippen LogP contribution >= 0.6 is 0 Å². The molecule has 0 radical (unpaired) electrons. The van der Waals surface area contributed by atoms with Crippen LogP contribution < -0.4 is 5.32 Å². The van der Waals surface area contributed by atoms with Crippen molar-refractivity contribution in [3.63, 3.8) is 0 Å². The lowest BCUT2D eigenvalue weighted by molar-refractivity contribution is -0.138. The lowest BCUT2D eigenvalue weighted by Crippen LogP contribution is -2.29. The maximum absolute atomic E-state index is 13.1. The number of nitrogens with zero attached hydrogens (tertiary/aromatic N) is 1. The Bertz CT molecular complexity index is 462. The molecule has 0 amide bonds. The number of rotatable bonds is 5. The standard InChI is InChI=1S/C15H23F3N2O/c1-11-13(15(16,17)18)9-14(12-5-3-6-19-10-12)20(11)7-4-8-21-2/h9,12,19H,3-8,10H2,1-2H3/t12-/m1/s1. The molecule has 0 bridgehead atoms. The molecular weight excluding hydrogens is 281 g/mol. The molecule has 1 aromatic rings. The van der Waals surface area contributed by atoms with Gasteiger partial charge in [0.2, 0.25) is 0 Å². The van der Waals surface area contributed by atoms with E-state index in [4.69, 9.17) is 4.74 Å². The summed E-state index contributed by atoms with van der Waals surface area (Å²) >= 11 is 0. The van der Waals surface area contributed by atoms with Crippen LogP contribution in [-0.2, 0) is 17.5 Å². The van der Waals surface area contributed by atoms with Crippen LogP contribution in [0.4, 0.5) is 13.2 Å². The van der Waals surface area contributed by atoms with Gasteiger partial charge in [0.15, 0.2) is 0 Å². The number of methoxy groups -OCH3 is 1. The molecule has 3 nitrogen and oxygen atoms in total. The molecular formula is C15H23F3N2O. The van der Waals surface area contributed by atoms with Crippen molar-refractivity contribution in [3.05, 3.63) is 23.0 Å². The van der Waals surface area contributed by atoms with Crippen molar-refractivity contribution < 1.29 is 17.9 Å². The van der Waals surface area contributed by atoms with Crippen molar-refractivity contribution in [1.82, 2.24) is 9.88 Å². The van der Waals surface area contributed by atoms with E-state index in [1.165, 1.54) is 6.07 Å². The first-order valence-electron chi connectivity index (χ1n) is 7.42. The topological polar surface area (TPSA) is 26.2 Å². The predicted octanol–water partition coefficient (Wildman–Crippen LogP) is 3.32. The minimum atomic E-state index is -4.28. The molecule has 120 valence electrons. The predicted molar refractivity (Wildman–Crippen MR) is 75.5 cm³/mol. The average Bonchev–Trinajstić information content (AvgIpc) is 2.78. The van der Waals surface area contributed by atoms with Crippen molar-refractivity contribution in [2.24, 2.45) is 0 Å². The van der Waals surface area contributed by atoms with Gasteiger partial charge >= 0.3 is 6.18 Å². The van der Waals surface area contributed by atoms with Gasteiger partial charge in [-0.25, -0.2) is 0 Å². The minimum Gasteiger partial charge on any atom is -0.385 e. The molecule has 0 aromatic carbocycles. The van der Waals surface area contributed by atoms with Gasteiger partial charge in [0.05, 0.1) is 5.56 Å². The highest BCUT2D eigenvalue weighted by atomic mass is 19.4. The van der Waals surface area contributed by atoms with Gasteiger partial charge < -0.3 is 14.6 Å². The maximum atomic E-state index is 13.1. The minimum absolute atomic E-state index is 0.163. The zero-order valence-corrected chi connectivity index (χ0v) is 12.6. The molecule has 0 spiro atoms. The zero-order chi connectivity index (χ0) is 15.5. The van der Waals surface area contributed by atoms with E-state index in [0.29, 0.717) is 18.8 Å². The van der Waals surface area contributed by atoms with E-state index in [1.807, 2.05) is 4.57 Å². The third-order valence-corrected chi connectivity index (χ3v) is 4.15. The molecule has 6 heteroatoms. The smallest absolute Gasteiger partial charge is 0.385 e. The van der Waals surface area contributed by atoms with Crippen LogP contribution in [0.5, 0.6) is 0 Å². The average molecular weight is 304 g/mol. The third-order valence-electron chi connectivity index (χ3n) is 4.15. The molecule has 2 rings (SSSR count). The summed E-state index contributed by atoms with van der Waals surface area (Å²) in [7, 11) is 1.61. The van der Waals surface area contributed by atoms with E-state index in [9.17, 15) is 13.2 Å². The highest BCUT2D eigenvalue weighted by Gasteiger charge is 2.36. The lowest BCUT2D eigenvalue weighted by atomic mass is 9.96. The molecule has 1 aromatic heterocycles. The Morgan fingerprint density at radius 1 is 1.43 bits per heavy atom. The molecule has 1 aliphatic heterocycles. The summed E-state index contributed by atoms with van der Waals surface area (Å²) in [5.41, 5.74) is 0.628. The fourth-order valence-corrected chi connectivity index (χ4v) is 3.06. The molecule has 1 N–H and O–H groups in total. The van der Waals surface area contributed by atoms with E-state index in [0.717, 1.165) is 38.0 Å².